The van der Waals surface area contributed by atoms with E-state index < -0.39 is 0 Å². The highest BCUT2D eigenvalue weighted by molar-refractivity contribution is 7.17. The van der Waals surface area contributed by atoms with Crippen LogP contribution < -0.4 is 5.56 Å². The number of aromatic nitrogens is 2. The van der Waals surface area contributed by atoms with Crippen LogP contribution in [0.3, 0.4) is 0 Å². The summed E-state index contributed by atoms with van der Waals surface area (Å²) in [5.74, 6) is -0.377. The molecule has 3 rings (SSSR count). The van der Waals surface area contributed by atoms with E-state index in [4.69, 9.17) is 11.6 Å². The number of fused-ring (bicyclic) bond motifs is 1. The molecule has 6 heteroatoms. The van der Waals surface area contributed by atoms with Crippen LogP contribution in [0.4, 0.5) is 4.39 Å². The zero-order valence-corrected chi connectivity index (χ0v) is 11.2. The van der Waals surface area contributed by atoms with Crippen molar-refractivity contribution in [2.24, 2.45) is 0 Å². The summed E-state index contributed by atoms with van der Waals surface area (Å²) in [6.45, 7) is 0.205. The molecule has 3 aromatic rings. The Bertz CT molecular complexity index is 812. The first kappa shape index (κ1) is 12.3. The Morgan fingerprint density at radius 1 is 1.37 bits per heavy atom. The Morgan fingerprint density at radius 3 is 3.05 bits per heavy atom. The number of rotatable bonds is 2. The first-order chi connectivity index (χ1) is 9.15. The molecule has 0 radical (unpaired) electrons. The molecular weight excluding hydrogens is 287 g/mol. The second-order valence-corrected chi connectivity index (χ2v) is 5.37. The van der Waals surface area contributed by atoms with Crippen molar-refractivity contribution < 1.29 is 4.39 Å². The molecule has 0 saturated heterocycles. The molecule has 0 spiro atoms. The van der Waals surface area contributed by atoms with Crippen LogP contribution in [0, 0.1) is 5.82 Å². The molecule has 1 aromatic carbocycles. The van der Waals surface area contributed by atoms with Crippen molar-refractivity contribution in [2.75, 3.05) is 0 Å². The number of benzene rings is 1. The van der Waals surface area contributed by atoms with Crippen LogP contribution in [-0.2, 0) is 6.54 Å². The van der Waals surface area contributed by atoms with Gasteiger partial charge in [0.2, 0.25) is 0 Å². The van der Waals surface area contributed by atoms with Crippen LogP contribution >= 0.6 is 22.9 Å². The number of thiophene rings is 1. The van der Waals surface area contributed by atoms with Crippen molar-refractivity contribution in [3.8, 4) is 0 Å². The molecule has 96 valence electrons. The minimum atomic E-state index is -0.377. The van der Waals surface area contributed by atoms with Crippen LogP contribution in [0.15, 0.2) is 40.8 Å². The standard InChI is InChI=1S/C13H8ClFN2OS/c14-10-2-1-9(15)5-8(10)6-17-7-16-11-3-4-19-12(11)13(17)18/h1-5,7H,6H2. The van der Waals surface area contributed by atoms with Crippen molar-refractivity contribution in [3.63, 3.8) is 0 Å². The van der Waals surface area contributed by atoms with E-state index in [1.54, 1.807) is 6.07 Å². The van der Waals surface area contributed by atoms with Gasteiger partial charge in [0.15, 0.2) is 0 Å². The molecule has 0 N–H and O–H groups in total. The largest absolute Gasteiger partial charge is 0.293 e. The molecule has 2 heterocycles. The van der Waals surface area contributed by atoms with E-state index in [9.17, 15) is 9.18 Å². The smallest absolute Gasteiger partial charge is 0.271 e. The van der Waals surface area contributed by atoms with Gasteiger partial charge in [-0.3, -0.25) is 9.36 Å². The van der Waals surface area contributed by atoms with Gasteiger partial charge in [-0.25, -0.2) is 9.37 Å². The Kier molecular flexibility index (Phi) is 3.08. The number of hydrogen-bond donors (Lipinski definition) is 0. The second-order valence-electron chi connectivity index (χ2n) is 4.05. The fourth-order valence-electron chi connectivity index (χ4n) is 1.84. The van der Waals surface area contributed by atoms with Crippen molar-refractivity contribution in [2.45, 2.75) is 6.54 Å². The van der Waals surface area contributed by atoms with Crippen molar-refractivity contribution >= 4 is 33.2 Å². The maximum atomic E-state index is 13.2. The number of nitrogens with zero attached hydrogens (tertiary/aromatic N) is 2. The zero-order valence-electron chi connectivity index (χ0n) is 9.64. The van der Waals surface area contributed by atoms with Gasteiger partial charge in [0.1, 0.15) is 10.5 Å². The summed E-state index contributed by atoms with van der Waals surface area (Å²) in [5, 5.41) is 2.25. The lowest BCUT2D eigenvalue weighted by atomic mass is 10.2. The van der Waals surface area contributed by atoms with Crippen molar-refractivity contribution in [3.05, 3.63) is 62.7 Å². The molecule has 2 aromatic heterocycles. The molecule has 0 unspecified atom stereocenters. The minimum absolute atomic E-state index is 0.139. The molecule has 3 nitrogen and oxygen atoms in total. The minimum Gasteiger partial charge on any atom is -0.293 e. The third-order valence-electron chi connectivity index (χ3n) is 2.78. The quantitative estimate of drug-likeness (QED) is 0.727. The fourth-order valence-corrected chi connectivity index (χ4v) is 2.81. The highest BCUT2D eigenvalue weighted by Crippen LogP contribution is 2.18. The maximum absolute atomic E-state index is 13.2. The zero-order chi connectivity index (χ0) is 13.4. The third kappa shape index (κ3) is 2.27. The van der Waals surface area contributed by atoms with Gasteiger partial charge < -0.3 is 0 Å². The van der Waals surface area contributed by atoms with E-state index in [1.165, 1.54) is 40.4 Å². The summed E-state index contributed by atoms with van der Waals surface area (Å²) < 4.78 is 15.2. The molecule has 0 aliphatic rings. The first-order valence-corrected chi connectivity index (χ1v) is 6.77. The van der Waals surface area contributed by atoms with Gasteiger partial charge in [-0.05, 0) is 35.2 Å². The van der Waals surface area contributed by atoms with Crippen molar-refractivity contribution in [1.29, 1.82) is 0 Å². The van der Waals surface area contributed by atoms with E-state index in [0.717, 1.165) is 0 Å². The summed E-state index contributed by atoms with van der Waals surface area (Å²) in [5.41, 5.74) is 1.10. The topological polar surface area (TPSA) is 34.9 Å². The predicted octanol–water partition coefficient (Wildman–Crippen LogP) is 3.30. The van der Waals surface area contributed by atoms with E-state index >= 15 is 0 Å². The van der Waals surface area contributed by atoms with Crippen LogP contribution in [-0.4, -0.2) is 9.55 Å². The average Bonchev–Trinajstić information content (AvgIpc) is 2.86. The Hall–Kier alpha value is -1.72. The monoisotopic (exact) mass is 294 g/mol. The van der Waals surface area contributed by atoms with E-state index in [1.807, 2.05) is 5.38 Å². The molecule has 0 fully saturated rings. The van der Waals surface area contributed by atoms with Crippen LogP contribution in [0.1, 0.15) is 5.56 Å². The molecule has 0 aliphatic heterocycles. The Balaban J connectivity index is 2.08. The molecule has 0 bridgehead atoms. The van der Waals surface area contributed by atoms with Gasteiger partial charge >= 0.3 is 0 Å². The van der Waals surface area contributed by atoms with Gasteiger partial charge in [-0.2, -0.15) is 0 Å². The lowest BCUT2D eigenvalue weighted by molar-refractivity contribution is 0.622. The van der Waals surface area contributed by atoms with Crippen LogP contribution in [0.2, 0.25) is 5.02 Å². The van der Waals surface area contributed by atoms with E-state index in [2.05, 4.69) is 4.98 Å². The third-order valence-corrected chi connectivity index (χ3v) is 4.04. The Morgan fingerprint density at radius 2 is 2.21 bits per heavy atom. The van der Waals surface area contributed by atoms with Gasteiger partial charge in [-0.15, -0.1) is 11.3 Å². The molecule has 0 atom stereocenters. The summed E-state index contributed by atoms with van der Waals surface area (Å²) in [4.78, 5) is 16.4. The molecule has 0 amide bonds. The van der Waals surface area contributed by atoms with Crippen molar-refractivity contribution in [1.82, 2.24) is 9.55 Å². The molecule has 19 heavy (non-hydrogen) atoms. The fraction of sp³-hybridized carbons (Fsp3) is 0.0769. The van der Waals surface area contributed by atoms with Gasteiger partial charge in [0.05, 0.1) is 18.4 Å². The SMILES string of the molecule is O=c1c2sccc2ncn1Cc1cc(F)ccc1Cl. The summed E-state index contributed by atoms with van der Waals surface area (Å²) in [6, 6.07) is 5.89. The van der Waals surface area contributed by atoms with Gasteiger partial charge in [0, 0.05) is 5.02 Å². The lowest BCUT2D eigenvalue weighted by Gasteiger charge is -2.07. The normalized spacial score (nSPS) is 11.1. The lowest BCUT2D eigenvalue weighted by Crippen LogP contribution is -2.20. The number of hydrogen-bond acceptors (Lipinski definition) is 3. The second kappa shape index (κ2) is 4.75. The predicted molar refractivity (Wildman–Crippen MR) is 74.4 cm³/mol. The summed E-state index contributed by atoms with van der Waals surface area (Å²) in [7, 11) is 0. The summed E-state index contributed by atoms with van der Waals surface area (Å²) >= 11 is 7.34. The number of halogens is 2. The summed E-state index contributed by atoms with van der Waals surface area (Å²) in [6.07, 6.45) is 1.46. The first-order valence-electron chi connectivity index (χ1n) is 5.52. The molecule has 0 aliphatic carbocycles. The average molecular weight is 295 g/mol. The highest BCUT2D eigenvalue weighted by Gasteiger charge is 2.08. The Labute approximate surface area is 116 Å². The van der Waals surface area contributed by atoms with Crippen LogP contribution in [0.25, 0.3) is 10.2 Å². The van der Waals surface area contributed by atoms with Gasteiger partial charge in [-0.1, -0.05) is 11.6 Å². The van der Waals surface area contributed by atoms with E-state index in [-0.39, 0.29) is 17.9 Å². The molecular formula is C13H8ClFN2OS. The van der Waals surface area contributed by atoms with Crippen LogP contribution in [0.5, 0.6) is 0 Å². The van der Waals surface area contributed by atoms with E-state index in [0.29, 0.717) is 20.8 Å². The highest BCUT2D eigenvalue weighted by atomic mass is 35.5. The maximum Gasteiger partial charge on any atom is 0.271 e. The molecule has 0 saturated carbocycles. The van der Waals surface area contributed by atoms with Gasteiger partial charge in [0.25, 0.3) is 5.56 Å².